The van der Waals surface area contributed by atoms with Gasteiger partial charge in [0, 0.05) is 26.2 Å². The Labute approximate surface area is 100 Å². The van der Waals surface area contributed by atoms with Crippen LogP contribution in [0, 0.1) is 5.92 Å². The van der Waals surface area contributed by atoms with Gasteiger partial charge < -0.3 is 14.7 Å². The summed E-state index contributed by atoms with van der Waals surface area (Å²) in [7, 11) is 4.19. The molecular formula is C12H28N2O2. The maximum atomic E-state index is 8.61. The minimum atomic E-state index is 0.113. The number of likely N-dealkylation sites (N-methyl/N-ethyl adjacent to an activating group) is 1. The summed E-state index contributed by atoms with van der Waals surface area (Å²) >= 11 is 0. The van der Waals surface area contributed by atoms with Gasteiger partial charge >= 0.3 is 0 Å². The molecule has 0 rings (SSSR count). The molecule has 0 heterocycles. The Hall–Kier alpha value is -0.160. The highest BCUT2D eigenvalue weighted by Gasteiger charge is 2.07. The molecular weight excluding hydrogens is 204 g/mol. The molecule has 1 N–H and O–H groups in total. The van der Waals surface area contributed by atoms with E-state index in [2.05, 4.69) is 37.7 Å². The number of ether oxygens (including phenoxy) is 1. The normalized spacial score (nSPS) is 12.0. The van der Waals surface area contributed by atoms with Crippen LogP contribution in [0.4, 0.5) is 0 Å². The van der Waals surface area contributed by atoms with Gasteiger partial charge in [-0.2, -0.15) is 0 Å². The predicted octanol–water partition coefficient (Wildman–Crippen LogP) is 0.515. The summed E-state index contributed by atoms with van der Waals surface area (Å²) in [5, 5.41) is 8.61. The van der Waals surface area contributed by atoms with E-state index in [0.717, 1.165) is 26.2 Å². The molecule has 0 aliphatic rings. The lowest BCUT2D eigenvalue weighted by atomic mass is 10.2. The molecule has 0 aromatic rings. The molecule has 0 spiro atoms. The zero-order chi connectivity index (χ0) is 12.4. The Morgan fingerprint density at radius 1 is 1.06 bits per heavy atom. The summed E-state index contributed by atoms with van der Waals surface area (Å²) in [6.07, 6.45) is 0. The van der Waals surface area contributed by atoms with Crippen LogP contribution in [0.15, 0.2) is 0 Å². The fourth-order valence-corrected chi connectivity index (χ4v) is 1.51. The Kier molecular flexibility index (Phi) is 9.92. The molecule has 0 amide bonds. The molecule has 0 unspecified atom stereocenters. The average molecular weight is 232 g/mol. The topological polar surface area (TPSA) is 35.9 Å². The summed E-state index contributed by atoms with van der Waals surface area (Å²) < 4.78 is 5.30. The van der Waals surface area contributed by atoms with Gasteiger partial charge in [-0.3, -0.25) is 4.90 Å². The van der Waals surface area contributed by atoms with Gasteiger partial charge in [0.05, 0.1) is 19.8 Å². The standard InChI is InChI=1S/C12H28N2O2/c1-12(2)11-14(6-5-13(3)4)7-9-16-10-8-15/h12,15H,5-11H2,1-4H3. The smallest absolute Gasteiger partial charge is 0.0698 e. The van der Waals surface area contributed by atoms with Crippen molar-refractivity contribution in [2.75, 3.05) is 60.1 Å². The molecule has 0 aliphatic carbocycles. The van der Waals surface area contributed by atoms with Gasteiger partial charge in [0.25, 0.3) is 0 Å². The van der Waals surface area contributed by atoms with Crippen molar-refractivity contribution in [3.63, 3.8) is 0 Å². The van der Waals surface area contributed by atoms with Crippen molar-refractivity contribution < 1.29 is 9.84 Å². The van der Waals surface area contributed by atoms with E-state index in [-0.39, 0.29) is 6.61 Å². The second-order valence-corrected chi connectivity index (χ2v) is 4.83. The maximum Gasteiger partial charge on any atom is 0.0698 e. The third-order valence-corrected chi connectivity index (χ3v) is 2.27. The van der Waals surface area contributed by atoms with Gasteiger partial charge in [-0.15, -0.1) is 0 Å². The molecule has 98 valence electrons. The van der Waals surface area contributed by atoms with E-state index in [1.54, 1.807) is 0 Å². The van der Waals surface area contributed by atoms with Crippen LogP contribution in [-0.2, 0) is 4.74 Å². The van der Waals surface area contributed by atoms with E-state index >= 15 is 0 Å². The molecule has 0 atom stereocenters. The van der Waals surface area contributed by atoms with E-state index in [4.69, 9.17) is 9.84 Å². The average Bonchev–Trinajstić information content (AvgIpc) is 2.19. The monoisotopic (exact) mass is 232 g/mol. The van der Waals surface area contributed by atoms with Crippen molar-refractivity contribution in [3.8, 4) is 0 Å². The number of aliphatic hydroxyl groups excluding tert-OH is 1. The predicted molar refractivity (Wildman–Crippen MR) is 67.7 cm³/mol. The SMILES string of the molecule is CC(C)CN(CCOCCO)CCN(C)C. The molecule has 0 aromatic carbocycles. The largest absolute Gasteiger partial charge is 0.394 e. The lowest BCUT2D eigenvalue weighted by molar-refractivity contribution is 0.0696. The van der Waals surface area contributed by atoms with Crippen LogP contribution in [0.5, 0.6) is 0 Å². The van der Waals surface area contributed by atoms with Crippen LogP contribution in [0.3, 0.4) is 0 Å². The van der Waals surface area contributed by atoms with Gasteiger partial charge in [0.1, 0.15) is 0 Å². The Morgan fingerprint density at radius 2 is 1.75 bits per heavy atom. The quantitative estimate of drug-likeness (QED) is 0.557. The number of rotatable bonds is 10. The van der Waals surface area contributed by atoms with Gasteiger partial charge in [0.15, 0.2) is 0 Å². The van der Waals surface area contributed by atoms with Crippen molar-refractivity contribution in [2.24, 2.45) is 5.92 Å². The van der Waals surface area contributed by atoms with Crippen LogP contribution >= 0.6 is 0 Å². The van der Waals surface area contributed by atoms with E-state index in [1.807, 2.05) is 0 Å². The lowest BCUT2D eigenvalue weighted by Crippen LogP contribution is -2.36. The molecule has 16 heavy (non-hydrogen) atoms. The first kappa shape index (κ1) is 15.8. The fraction of sp³-hybridized carbons (Fsp3) is 1.00. The number of hydrogen-bond acceptors (Lipinski definition) is 4. The molecule has 0 saturated heterocycles. The van der Waals surface area contributed by atoms with Gasteiger partial charge in [-0.25, -0.2) is 0 Å². The van der Waals surface area contributed by atoms with Gasteiger partial charge in [-0.1, -0.05) is 13.8 Å². The third kappa shape index (κ3) is 10.4. The molecule has 0 bridgehead atoms. The second kappa shape index (κ2) is 10.0. The van der Waals surface area contributed by atoms with Crippen molar-refractivity contribution in [2.45, 2.75) is 13.8 Å². The van der Waals surface area contributed by atoms with Crippen molar-refractivity contribution in [1.82, 2.24) is 9.80 Å². The Morgan fingerprint density at radius 3 is 2.25 bits per heavy atom. The third-order valence-electron chi connectivity index (χ3n) is 2.27. The molecule has 0 aliphatic heterocycles. The first-order valence-corrected chi connectivity index (χ1v) is 6.12. The van der Waals surface area contributed by atoms with Crippen molar-refractivity contribution >= 4 is 0 Å². The minimum absolute atomic E-state index is 0.113. The molecule has 4 heteroatoms. The zero-order valence-corrected chi connectivity index (χ0v) is 11.3. The fourth-order valence-electron chi connectivity index (χ4n) is 1.51. The van der Waals surface area contributed by atoms with Crippen LogP contribution in [0.25, 0.3) is 0 Å². The van der Waals surface area contributed by atoms with Crippen LogP contribution in [-0.4, -0.2) is 75.0 Å². The summed E-state index contributed by atoms with van der Waals surface area (Å²) in [4.78, 5) is 4.62. The van der Waals surface area contributed by atoms with Gasteiger partial charge in [-0.05, 0) is 20.0 Å². The zero-order valence-electron chi connectivity index (χ0n) is 11.3. The maximum absolute atomic E-state index is 8.61. The van der Waals surface area contributed by atoms with E-state index < -0.39 is 0 Å². The Bertz CT molecular complexity index is 152. The molecule has 0 saturated carbocycles. The summed E-state index contributed by atoms with van der Waals surface area (Å²) in [6, 6.07) is 0. The van der Waals surface area contributed by atoms with Crippen molar-refractivity contribution in [3.05, 3.63) is 0 Å². The van der Waals surface area contributed by atoms with E-state index in [9.17, 15) is 0 Å². The van der Waals surface area contributed by atoms with Gasteiger partial charge in [0.2, 0.25) is 0 Å². The minimum Gasteiger partial charge on any atom is -0.394 e. The molecule has 0 fully saturated rings. The molecule has 0 radical (unpaired) electrons. The van der Waals surface area contributed by atoms with E-state index in [1.165, 1.54) is 0 Å². The second-order valence-electron chi connectivity index (χ2n) is 4.83. The van der Waals surface area contributed by atoms with Crippen LogP contribution < -0.4 is 0 Å². The molecule has 4 nitrogen and oxygen atoms in total. The summed E-state index contributed by atoms with van der Waals surface area (Å²) in [5.74, 6) is 0.681. The first-order valence-electron chi connectivity index (χ1n) is 6.12. The summed E-state index contributed by atoms with van der Waals surface area (Å²) in [6.45, 7) is 9.95. The highest BCUT2D eigenvalue weighted by atomic mass is 16.5. The number of hydrogen-bond donors (Lipinski definition) is 1. The number of aliphatic hydroxyl groups is 1. The Balaban J connectivity index is 3.72. The van der Waals surface area contributed by atoms with Crippen molar-refractivity contribution in [1.29, 1.82) is 0 Å². The van der Waals surface area contributed by atoms with E-state index in [0.29, 0.717) is 19.1 Å². The summed E-state index contributed by atoms with van der Waals surface area (Å²) in [5.41, 5.74) is 0. The lowest BCUT2D eigenvalue weighted by Gasteiger charge is -2.25. The van der Waals surface area contributed by atoms with Crippen LogP contribution in [0.2, 0.25) is 0 Å². The van der Waals surface area contributed by atoms with Crippen LogP contribution in [0.1, 0.15) is 13.8 Å². The molecule has 0 aromatic heterocycles. The first-order chi connectivity index (χ1) is 7.56. The highest BCUT2D eigenvalue weighted by molar-refractivity contribution is 4.61. The highest BCUT2D eigenvalue weighted by Crippen LogP contribution is 1.98. The number of nitrogens with zero attached hydrogens (tertiary/aromatic N) is 2.